The first-order chi connectivity index (χ1) is 17.2. The molecule has 4 aromatic rings. The molecule has 0 radical (unpaired) electrons. The maximum Gasteiger partial charge on any atom is 0.343 e. The highest BCUT2D eigenvalue weighted by Gasteiger charge is 2.17. The molecule has 1 aliphatic rings. The summed E-state index contributed by atoms with van der Waals surface area (Å²) >= 11 is 0. The lowest BCUT2D eigenvalue weighted by atomic mass is 10.1. The molecule has 0 unspecified atom stereocenters. The number of ether oxygens (including phenoxy) is 4. The SMILES string of the molecule is O=C(COc1cccc2ccccc12)N/N=C/c1ccc(OC(=O)c2ccc3c(c2)OCO3)cc1. The van der Waals surface area contributed by atoms with Crippen LogP contribution in [0.5, 0.6) is 23.0 Å². The Morgan fingerprint density at radius 3 is 2.60 bits per heavy atom. The number of hydrazone groups is 1. The van der Waals surface area contributed by atoms with Crippen molar-refractivity contribution in [3.05, 3.63) is 96.1 Å². The summed E-state index contributed by atoms with van der Waals surface area (Å²) in [6, 6.07) is 25.0. The Morgan fingerprint density at radius 2 is 1.71 bits per heavy atom. The van der Waals surface area contributed by atoms with Crippen LogP contribution in [0.25, 0.3) is 10.8 Å². The van der Waals surface area contributed by atoms with E-state index in [9.17, 15) is 9.59 Å². The number of carbonyl (C=O) groups excluding carboxylic acids is 2. The van der Waals surface area contributed by atoms with E-state index in [0.29, 0.717) is 34.1 Å². The average Bonchev–Trinajstić information content (AvgIpc) is 3.36. The van der Waals surface area contributed by atoms with Gasteiger partial charge in [0.15, 0.2) is 18.1 Å². The van der Waals surface area contributed by atoms with Crippen LogP contribution >= 0.6 is 0 Å². The second kappa shape index (κ2) is 9.96. The molecule has 0 aromatic heterocycles. The molecule has 8 nitrogen and oxygen atoms in total. The number of benzene rings is 4. The fourth-order valence-corrected chi connectivity index (χ4v) is 3.49. The Balaban J connectivity index is 1.11. The quantitative estimate of drug-likeness (QED) is 0.188. The van der Waals surface area contributed by atoms with Gasteiger partial charge in [-0.15, -0.1) is 0 Å². The first-order valence-electron chi connectivity index (χ1n) is 10.8. The van der Waals surface area contributed by atoms with Gasteiger partial charge in [-0.2, -0.15) is 5.10 Å². The maximum atomic E-state index is 12.4. The third-order valence-electron chi connectivity index (χ3n) is 5.21. The molecule has 1 amide bonds. The zero-order valence-corrected chi connectivity index (χ0v) is 18.5. The number of fused-ring (bicyclic) bond motifs is 2. The van der Waals surface area contributed by atoms with Gasteiger partial charge in [0.1, 0.15) is 11.5 Å². The van der Waals surface area contributed by atoms with E-state index in [2.05, 4.69) is 10.5 Å². The van der Waals surface area contributed by atoms with E-state index in [4.69, 9.17) is 18.9 Å². The van der Waals surface area contributed by atoms with Crippen LogP contribution in [0.15, 0.2) is 90.0 Å². The van der Waals surface area contributed by atoms with Gasteiger partial charge in [0.25, 0.3) is 5.91 Å². The van der Waals surface area contributed by atoms with Crippen LogP contribution in [-0.2, 0) is 4.79 Å². The first kappa shape index (κ1) is 22.0. The summed E-state index contributed by atoms with van der Waals surface area (Å²) in [7, 11) is 0. The topological polar surface area (TPSA) is 95.5 Å². The number of nitrogens with one attached hydrogen (secondary N) is 1. The van der Waals surface area contributed by atoms with Crippen molar-refractivity contribution >= 4 is 28.9 Å². The number of rotatable bonds is 7. The molecule has 8 heteroatoms. The molecule has 0 saturated carbocycles. The van der Waals surface area contributed by atoms with Crippen LogP contribution in [0.2, 0.25) is 0 Å². The number of nitrogens with zero attached hydrogens (tertiary/aromatic N) is 1. The third kappa shape index (κ3) is 5.22. The largest absolute Gasteiger partial charge is 0.483 e. The van der Waals surface area contributed by atoms with Crippen LogP contribution in [0.3, 0.4) is 0 Å². The Hall–Kier alpha value is -4.85. The molecule has 4 aromatic carbocycles. The standard InChI is InChI=1S/C27H20N2O6/c30-26(16-32-23-7-3-5-19-4-1-2-6-22(19)23)29-28-15-18-8-11-21(12-9-18)35-27(31)20-10-13-24-25(14-20)34-17-33-24/h1-15H,16-17H2,(H,29,30)/b28-15+. The first-order valence-corrected chi connectivity index (χ1v) is 10.8. The molecule has 0 fully saturated rings. The normalized spacial score (nSPS) is 12.0. The minimum Gasteiger partial charge on any atom is -0.483 e. The van der Waals surface area contributed by atoms with Gasteiger partial charge in [-0.1, -0.05) is 36.4 Å². The van der Waals surface area contributed by atoms with Crippen LogP contribution in [0.1, 0.15) is 15.9 Å². The number of carbonyl (C=O) groups is 2. The monoisotopic (exact) mass is 468 g/mol. The third-order valence-corrected chi connectivity index (χ3v) is 5.21. The van der Waals surface area contributed by atoms with E-state index in [-0.39, 0.29) is 19.3 Å². The van der Waals surface area contributed by atoms with Gasteiger partial charge in [0.05, 0.1) is 11.8 Å². The Labute approximate surface area is 200 Å². The lowest BCUT2D eigenvalue weighted by Crippen LogP contribution is -2.24. The fourth-order valence-electron chi connectivity index (χ4n) is 3.49. The summed E-state index contributed by atoms with van der Waals surface area (Å²) in [6.45, 7) is -0.0331. The maximum absolute atomic E-state index is 12.4. The Kier molecular flexibility index (Phi) is 6.25. The van der Waals surface area contributed by atoms with Crippen LogP contribution in [0, 0.1) is 0 Å². The van der Waals surface area contributed by atoms with Crippen molar-refractivity contribution in [1.82, 2.24) is 5.43 Å². The lowest BCUT2D eigenvalue weighted by molar-refractivity contribution is -0.123. The number of esters is 1. The van der Waals surface area contributed by atoms with E-state index in [1.165, 1.54) is 6.21 Å². The van der Waals surface area contributed by atoms with Crippen molar-refractivity contribution in [2.45, 2.75) is 0 Å². The van der Waals surface area contributed by atoms with E-state index in [0.717, 1.165) is 10.8 Å². The van der Waals surface area contributed by atoms with Gasteiger partial charge in [-0.3, -0.25) is 4.79 Å². The summed E-state index contributed by atoms with van der Waals surface area (Å²) in [6.07, 6.45) is 1.49. The summed E-state index contributed by atoms with van der Waals surface area (Å²) in [5, 5.41) is 5.92. The molecule has 35 heavy (non-hydrogen) atoms. The number of hydrogen-bond donors (Lipinski definition) is 1. The van der Waals surface area contributed by atoms with Crippen LogP contribution in [-0.4, -0.2) is 31.5 Å². The van der Waals surface area contributed by atoms with Crippen molar-refractivity contribution in [2.24, 2.45) is 5.10 Å². The van der Waals surface area contributed by atoms with E-state index < -0.39 is 5.97 Å². The smallest absolute Gasteiger partial charge is 0.343 e. The van der Waals surface area contributed by atoms with Gasteiger partial charge in [-0.25, -0.2) is 10.2 Å². The van der Waals surface area contributed by atoms with Gasteiger partial charge in [-0.05, 0) is 59.5 Å². The minimum absolute atomic E-state index is 0.133. The zero-order valence-electron chi connectivity index (χ0n) is 18.5. The van der Waals surface area contributed by atoms with Crippen LogP contribution in [0.4, 0.5) is 0 Å². The van der Waals surface area contributed by atoms with Crippen molar-refractivity contribution in [2.75, 3.05) is 13.4 Å². The molecule has 174 valence electrons. The molecule has 0 spiro atoms. The minimum atomic E-state index is -0.511. The highest BCUT2D eigenvalue weighted by atomic mass is 16.7. The number of hydrogen-bond acceptors (Lipinski definition) is 7. The molecule has 1 aliphatic heterocycles. The predicted molar refractivity (Wildman–Crippen MR) is 129 cm³/mol. The summed E-state index contributed by atoms with van der Waals surface area (Å²) in [5.74, 6) is 1.21. The fraction of sp³-hybridized carbons (Fsp3) is 0.0741. The average molecular weight is 468 g/mol. The van der Waals surface area contributed by atoms with E-state index in [1.807, 2.05) is 42.5 Å². The Morgan fingerprint density at radius 1 is 0.914 bits per heavy atom. The van der Waals surface area contributed by atoms with Crippen molar-refractivity contribution in [1.29, 1.82) is 0 Å². The molecule has 0 saturated heterocycles. The molecule has 1 heterocycles. The molecular formula is C27H20N2O6. The van der Waals surface area contributed by atoms with E-state index in [1.54, 1.807) is 42.5 Å². The van der Waals surface area contributed by atoms with Gasteiger partial charge in [0.2, 0.25) is 6.79 Å². The Bertz CT molecular complexity index is 1410. The van der Waals surface area contributed by atoms with Crippen molar-refractivity contribution in [3.8, 4) is 23.0 Å². The summed E-state index contributed by atoms with van der Waals surface area (Å²) in [4.78, 5) is 24.5. The molecule has 0 atom stereocenters. The lowest BCUT2D eigenvalue weighted by Gasteiger charge is -2.08. The molecule has 0 aliphatic carbocycles. The second-order valence-corrected chi connectivity index (χ2v) is 7.59. The number of amides is 1. The molecule has 0 bridgehead atoms. The van der Waals surface area contributed by atoms with Crippen molar-refractivity contribution in [3.63, 3.8) is 0 Å². The molecular weight excluding hydrogens is 448 g/mol. The molecule has 5 rings (SSSR count). The van der Waals surface area contributed by atoms with Crippen LogP contribution < -0.4 is 24.4 Å². The summed E-state index contributed by atoms with van der Waals surface area (Å²) < 4.78 is 21.6. The predicted octanol–water partition coefficient (Wildman–Crippen LogP) is 4.32. The van der Waals surface area contributed by atoms with Gasteiger partial charge < -0.3 is 18.9 Å². The molecule has 1 N–H and O–H groups in total. The van der Waals surface area contributed by atoms with Crippen molar-refractivity contribution < 1.29 is 28.5 Å². The zero-order chi connectivity index (χ0) is 24.0. The van der Waals surface area contributed by atoms with Gasteiger partial charge in [0, 0.05) is 5.39 Å². The highest BCUT2D eigenvalue weighted by Crippen LogP contribution is 2.32. The van der Waals surface area contributed by atoms with Gasteiger partial charge >= 0.3 is 5.97 Å². The highest BCUT2D eigenvalue weighted by molar-refractivity contribution is 5.92. The second-order valence-electron chi connectivity index (χ2n) is 7.59. The summed E-state index contributed by atoms with van der Waals surface area (Å²) in [5.41, 5.74) is 3.50. The van der Waals surface area contributed by atoms with E-state index >= 15 is 0 Å².